The zero-order valence-corrected chi connectivity index (χ0v) is 11.8. The molecule has 0 fully saturated rings. The molecule has 0 saturated carbocycles. The summed E-state index contributed by atoms with van der Waals surface area (Å²) in [7, 11) is 0. The molecule has 0 aliphatic carbocycles. The molecule has 1 aromatic heterocycles. The van der Waals surface area contributed by atoms with Gasteiger partial charge in [-0.3, -0.25) is 0 Å². The van der Waals surface area contributed by atoms with E-state index in [1.807, 2.05) is 25.6 Å². The average molecular weight is 257 g/mol. The normalized spacial score (nSPS) is 12.9. The number of rotatable bonds is 8. The van der Waals surface area contributed by atoms with Crippen LogP contribution in [0.25, 0.3) is 0 Å². The van der Waals surface area contributed by atoms with E-state index < -0.39 is 0 Å². The lowest BCUT2D eigenvalue weighted by molar-refractivity contribution is 0.296. The van der Waals surface area contributed by atoms with Gasteiger partial charge >= 0.3 is 0 Å². The van der Waals surface area contributed by atoms with E-state index in [1.54, 1.807) is 0 Å². The van der Waals surface area contributed by atoms with Gasteiger partial charge in [0.2, 0.25) is 0 Å². The van der Waals surface area contributed by atoms with Gasteiger partial charge in [0.1, 0.15) is 11.5 Å². The first-order valence-electron chi connectivity index (χ1n) is 6.14. The van der Waals surface area contributed by atoms with E-state index in [0.29, 0.717) is 12.6 Å². The van der Waals surface area contributed by atoms with Crippen molar-refractivity contribution in [2.45, 2.75) is 33.2 Å². The molecule has 0 aliphatic heterocycles. The van der Waals surface area contributed by atoms with Crippen molar-refractivity contribution in [3.05, 3.63) is 23.2 Å². The minimum atomic E-state index is 0.296. The molecule has 1 unspecified atom stereocenters. The standard InChI is InChI=1S/C13H23NO2S/c1-10-9-13(12(3)16-10)11(2)14-5-8-17-7-4-6-15/h9,11,14-15H,4-8H2,1-3H3. The highest BCUT2D eigenvalue weighted by Gasteiger charge is 2.11. The minimum Gasteiger partial charge on any atom is -0.466 e. The van der Waals surface area contributed by atoms with E-state index >= 15 is 0 Å². The Hall–Kier alpha value is -0.450. The molecule has 0 radical (unpaired) electrons. The molecule has 0 aliphatic rings. The third-order valence-electron chi connectivity index (χ3n) is 2.69. The van der Waals surface area contributed by atoms with Crippen LogP contribution >= 0.6 is 11.8 Å². The van der Waals surface area contributed by atoms with E-state index in [-0.39, 0.29) is 0 Å². The predicted molar refractivity (Wildman–Crippen MR) is 73.6 cm³/mol. The van der Waals surface area contributed by atoms with E-state index in [1.165, 1.54) is 5.56 Å². The Morgan fingerprint density at radius 3 is 2.76 bits per heavy atom. The van der Waals surface area contributed by atoms with Crippen molar-refractivity contribution in [3.8, 4) is 0 Å². The van der Waals surface area contributed by atoms with Crippen LogP contribution < -0.4 is 5.32 Å². The fourth-order valence-electron chi connectivity index (χ4n) is 1.81. The Morgan fingerprint density at radius 2 is 2.18 bits per heavy atom. The van der Waals surface area contributed by atoms with E-state index in [0.717, 1.165) is 36.0 Å². The molecule has 0 aromatic carbocycles. The zero-order valence-electron chi connectivity index (χ0n) is 11.0. The molecule has 0 spiro atoms. The van der Waals surface area contributed by atoms with Crippen molar-refractivity contribution >= 4 is 11.8 Å². The molecular weight excluding hydrogens is 234 g/mol. The number of furan rings is 1. The molecule has 0 amide bonds. The number of nitrogens with one attached hydrogen (secondary N) is 1. The minimum absolute atomic E-state index is 0.296. The van der Waals surface area contributed by atoms with Gasteiger partial charge in [0.25, 0.3) is 0 Å². The maximum atomic E-state index is 8.65. The number of aliphatic hydroxyl groups excluding tert-OH is 1. The second-order valence-corrected chi connectivity index (χ2v) is 5.46. The van der Waals surface area contributed by atoms with Crippen LogP contribution in [-0.4, -0.2) is 29.8 Å². The van der Waals surface area contributed by atoms with Crippen LogP contribution in [-0.2, 0) is 0 Å². The van der Waals surface area contributed by atoms with Gasteiger partial charge in [-0.25, -0.2) is 0 Å². The Labute approximate surface area is 108 Å². The molecule has 1 atom stereocenters. The zero-order chi connectivity index (χ0) is 12.7. The Balaban J connectivity index is 2.21. The topological polar surface area (TPSA) is 45.4 Å². The van der Waals surface area contributed by atoms with Gasteiger partial charge in [-0.1, -0.05) is 0 Å². The monoisotopic (exact) mass is 257 g/mol. The molecule has 0 bridgehead atoms. The fraction of sp³-hybridized carbons (Fsp3) is 0.692. The van der Waals surface area contributed by atoms with Crippen LogP contribution in [0.5, 0.6) is 0 Å². The Morgan fingerprint density at radius 1 is 1.41 bits per heavy atom. The van der Waals surface area contributed by atoms with Crippen LogP contribution in [0.2, 0.25) is 0 Å². The number of hydrogen-bond donors (Lipinski definition) is 2. The summed E-state index contributed by atoms with van der Waals surface area (Å²) in [5.74, 6) is 4.11. The fourth-order valence-corrected chi connectivity index (χ4v) is 2.61. The highest BCUT2D eigenvalue weighted by Crippen LogP contribution is 2.20. The lowest BCUT2D eigenvalue weighted by Crippen LogP contribution is -2.21. The maximum Gasteiger partial charge on any atom is 0.105 e. The Kier molecular flexibility index (Phi) is 6.70. The SMILES string of the molecule is Cc1cc(C(C)NCCSCCCO)c(C)o1. The van der Waals surface area contributed by atoms with Crippen LogP contribution in [0, 0.1) is 13.8 Å². The van der Waals surface area contributed by atoms with Crippen molar-refractivity contribution in [2.75, 3.05) is 24.7 Å². The average Bonchev–Trinajstić information content (AvgIpc) is 2.62. The van der Waals surface area contributed by atoms with Gasteiger partial charge in [-0.2, -0.15) is 11.8 Å². The van der Waals surface area contributed by atoms with Crippen LogP contribution in [0.4, 0.5) is 0 Å². The van der Waals surface area contributed by atoms with Gasteiger partial charge in [-0.05, 0) is 39.0 Å². The van der Waals surface area contributed by atoms with Gasteiger partial charge in [0, 0.05) is 30.5 Å². The molecule has 98 valence electrons. The van der Waals surface area contributed by atoms with Gasteiger partial charge < -0.3 is 14.8 Å². The summed E-state index contributed by atoms with van der Waals surface area (Å²) in [5, 5.41) is 12.1. The summed E-state index contributed by atoms with van der Waals surface area (Å²) in [6.45, 7) is 7.44. The van der Waals surface area contributed by atoms with Crippen molar-refractivity contribution in [1.29, 1.82) is 0 Å². The smallest absolute Gasteiger partial charge is 0.105 e. The lowest BCUT2D eigenvalue weighted by Gasteiger charge is -2.12. The van der Waals surface area contributed by atoms with Crippen molar-refractivity contribution in [3.63, 3.8) is 0 Å². The molecule has 0 saturated heterocycles. The van der Waals surface area contributed by atoms with E-state index in [4.69, 9.17) is 9.52 Å². The molecular formula is C13H23NO2S. The second kappa shape index (κ2) is 7.80. The highest BCUT2D eigenvalue weighted by molar-refractivity contribution is 7.99. The highest BCUT2D eigenvalue weighted by atomic mass is 32.2. The Bertz CT molecular complexity index is 325. The van der Waals surface area contributed by atoms with Gasteiger partial charge in [-0.15, -0.1) is 0 Å². The first-order valence-corrected chi connectivity index (χ1v) is 7.29. The molecule has 1 heterocycles. The number of aryl methyl sites for hydroxylation is 2. The summed E-state index contributed by atoms with van der Waals surface area (Å²) < 4.78 is 5.52. The molecule has 1 rings (SSSR count). The van der Waals surface area contributed by atoms with E-state index in [9.17, 15) is 0 Å². The van der Waals surface area contributed by atoms with Crippen LogP contribution in [0.3, 0.4) is 0 Å². The van der Waals surface area contributed by atoms with Crippen molar-refractivity contribution in [2.24, 2.45) is 0 Å². The van der Waals surface area contributed by atoms with Crippen molar-refractivity contribution < 1.29 is 9.52 Å². The summed E-state index contributed by atoms with van der Waals surface area (Å²) in [6, 6.07) is 2.44. The lowest BCUT2D eigenvalue weighted by atomic mass is 10.1. The van der Waals surface area contributed by atoms with Gasteiger partial charge in [0.15, 0.2) is 0 Å². The number of hydrogen-bond acceptors (Lipinski definition) is 4. The first kappa shape index (κ1) is 14.6. The van der Waals surface area contributed by atoms with E-state index in [2.05, 4.69) is 18.3 Å². The summed E-state index contributed by atoms with van der Waals surface area (Å²) in [4.78, 5) is 0. The second-order valence-electron chi connectivity index (χ2n) is 4.23. The molecule has 3 nitrogen and oxygen atoms in total. The molecule has 4 heteroatoms. The largest absolute Gasteiger partial charge is 0.466 e. The summed E-state index contributed by atoms with van der Waals surface area (Å²) >= 11 is 1.88. The molecule has 2 N–H and O–H groups in total. The quantitative estimate of drug-likeness (QED) is 0.703. The summed E-state index contributed by atoms with van der Waals surface area (Å²) in [6.07, 6.45) is 0.889. The van der Waals surface area contributed by atoms with Gasteiger partial charge in [0.05, 0.1) is 0 Å². The third kappa shape index (κ3) is 5.15. The third-order valence-corrected chi connectivity index (χ3v) is 3.76. The van der Waals surface area contributed by atoms with Crippen LogP contribution in [0.15, 0.2) is 10.5 Å². The molecule has 17 heavy (non-hydrogen) atoms. The number of aliphatic hydroxyl groups is 1. The number of thioether (sulfide) groups is 1. The predicted octanol–water partition coefficient (Wildman–Crippen LogP) is 2.66. The molecule has 1 aromatic rings. The summed E-state index contributed by atoms with van der Waals surface area (Å²) in [5.41, 5.74) is 1.25. The van der Waals surface area contributed by atoms with Crippen molar-refractivity contribution in [1.82, 2.24) is 5.32 Å². The maximum absolute atomic E-state index is 8.65. The van der Waals surface area contributed by atoms with Crippen LogP contribution in [0.1, 0.15) is 36.5 Å². The first-order chi connectivity index (χ1) is 8.15.